The lowest BCUT2D eigenvalue weighted by Crippen LogP contribution is -2.39. The van der Waals surface area contributed by atoms with Crippen molar-refractivity contribution >= 4 is 22.2 Å². The number of hydrogen-bond donors (Lipinski definition) is 1. The topological polar surface area (TPSA) is 28.3 Å². The minimum absolute atomic E-state index is 0.319. The van der Waals surface area contributed by atoms with E-state index in [0.717, 1.165) is 26.3 Å². The zero-order chi connectivity index (χ0) is 14.9. The molecule has 1 atom stereocenters. The standard InChI is InChI=1S/C18H20N2OS/c1-13-17(14-5-2-3-6-15(14)19-13)18(16-7-4-12-22-16)20-8-10-21-11-9-20/h2-7,12,18-19H,8-11H2,1H3/t18-/m0/s1. The summed E-state index contributed by atoms with van der Waals surface area (Å²) in [6, 6.07) is 13.3. The molecule has 0 aliphatic carbocycles. The zero-order valence-corrected chi connectivity index (χ0v) is 13.5. The van der Waals surface area contributed by atoms with E-state index in [1.807, 2.05) is 11.3 Å². The smallest absolute Gasteiger partial charge is 0.0721 e. The van der Waals surface area contributed by atoms with E-state index in [-0.39, 0.29) is 0 Å². The van der Waals surface area contributed by atoms with E-state index in [0.29, 0.717) is 6.04 Å². The van der Waals surface area contributed by atoms with Crippen molar-refractivity contribution in [2.45, 2.75) is 13.0 Å². The number of para-hydroxylation sites is 1. The molecule has 3 aromatic rings. The zero-order valence-electron chi connectivity index (χ0n) is 12.7. The van der Waals surface area contributed by atoms with Gasteiger partial charge in [-0.2, -0.15) is 0 Å². The average molecular weight is 312 g/mol. The van der Waals surface area contributed by atoms with E-state index in [1.165, 1.54) is 27.0 Å². The molecule has 1 saturated heterocycles. The summed E-state index contributed by atoms with van der Waals surface area (Å²) in [4.78, 5) is 7.52. The van der Waals surface area contributed by atoms with Gasteiger partial charge in [-0.1, -0.05) is 24.3 Å². The molecule has 0 saturated carbocycles. The summed E-state index contributed by atoms with van der Waals surface area (Å²) < 4.78 is 5.56. The van der Waals surface area contributed by atoms with Crippen LogP contribution in [0.25, 0.3) is 10.9 Å². The molecule has 0 unspecified atom stereocenters. The number of fused-ring (bicyclic) bond motifs is 1. The number of nitrogens with zero attached hydrogens (tertiary/aromatic N) is 1. The molecule has 0 radical (unpaired) electrons. The quantitative estimate of drug-likeness (QED) is 0.793. The Balaban J connectivity index is 1.87. The van der Waals surface area contributed by atoms with Gasteiger partial charge in [-0.25, -0.2) is 0 Å². The molecule has 0 bridgehead atoms. The Morgan fingerprint density at radius 3 is 2.73 bits per heavy atom. The largest absolute Gasteiger partial charge is 0.379 e. The van der Waals surface area contributed by atoms with Gasteiger partial charge in [0.1, 0.15) is 0 Å². The van der Waals surface area contributed by atoms with Crippen LogP contribution in [0.2, 0.25) is 0 Å². The first kappa shape index (κ1) is 14.0. The summed E-state index contributed by atoms with van der Waals surface area (Å²) in [6.07, 6.45) is 0. The van der Waals surface area contributed by atoms with Gasteiger partial charge in [0.15, 0.2) is 0 Å². The highest BCUT2D eigenvalue weighted by Crippen LogP contribution is 2.38. The van der Waals surface area contributed by atoms with Crippen LogP contribution in [0.5, 0.6) is 0 Å². The van der Waals surface area contributed by atoms with Gasteiger partial charge in [0.05, 0.1) is 19.3 Å². The van der Waals surface area contributed by atoms with Crippen molar-refractivity contribution in [1.29, 1.82) is 0 Å². The molecule has 22 heavy (non-hydrogen) atoms. The number of aryl methyl sites for hydroxylation is 1. The number of aromatic nitrogens is 1. The fourth-order valence-electron chi connectivity index (χ4n) is 3.44. The maximum Gasteiger partial charge on any atom is 0.0721 e. The van der Waals surface area contributed by atoms with Crippen molar-refractivity contribution in [1.82, 2.24) is 9.88 Å². The van der Waals surface area contributed by atoms with Gasteiger partial charge in [0, 0.05) is 40.1 Å². The predicted octanol–water partition coefficient (Wildman–Crippen LogP) is 3.96. The monoisotopic (exact) mass is 312 g/mol. The summed E-state index contributed by atoms with van der Waals surface area (Å²) >= 11 is 1.84. The van der Waals surface area contributed by atoms with Crippen molar-refractivity contribution in [2.24, 2.45) is 0 Å². The van der Waals surface area contributed by atoms with E-state index >= 15 is 0 Å². The van der Waals surface area contributed by atoms with Crippen LogP contribution < -0.4 is 0 Å². The molecule has 1 fully saturated rings. The van der Waals surface area contributed by atoms with Crippen molar-refractivity contribution in [3.8, 4) is 0 Å². The third-order valence-corrected chi connectivity index (χ3v) is 5.37. The van der Waals surface area contributed by atoms with Crippen LogP contribution in [0.4, 0.5) is 0 Å². The van der Waals surface area contributed by atoms with E-state index < -0.39 is 0 Å². The second-order valence-corrected chi connectivity index (χ2v) is 6.75. The van der Waals surface area contributed by atoms with Crippen LogP contribution in [0.15, 0.2) is 41.8 Å². The van der Waals surface area contributed by atoms with Crippen molar-refractivity contribution in [3.05, 3.63) is 57.9 Å². The number of hydrogen-bond acceptors (Lipinski definition) is 3. The van der Waals surface area contributed by atoms with Gasteiger partial charge >= 0.3 is 0 Å². The highest BCUT2D eigenvalue weighted by molar-refractivity contribution is 7.10. The van der Waals surface area contributed by atoms with Gasteiger partial charge < -0.3 is 9.72 Å². The molecule has 1 aliphatic rings. The summed E-state index contributed by atoms with van der Waals surface area (Å²) in [5.41, 5.74) is 3.91. The molecule has 0 spiro atoms. The Labute approximate surface area is 134 Å². The van der Waals surface area contributed by atoms with Gasteiger partial charge in [0.25, 0.3) is 0 Å². The van der Waals surface area contributed by atoms with Crippen LogP contribution in [0, 0.1) is 6.92 Å². The molecular weight excluding hydrogens is 292 g/mol. The second-order valence-electron chi connectivity index (χ2n) is 5.78. The Hall–Kier alpha value is -1.62. The van der Waals surface area contributed by atoms with E-state index in [2.05, 4.69) is 58.6 Å². The van der Waals surface area contributed by atoms with Crippen LogP contribution in [0.3, 0.4) is 0 Å². The molecular formula is C18H20N2OS. The van der Waals surface area contributed by atoms with Crippen molar-refractivity contribution < 1.29 is 4.74 Å². The molecule has 1 aromatic carbocycles. The second kappa shape index (κ2) is 5.88. The molecule has 3 nitrogen and oxygen atoms in total. The minimum Gasteiger partial charge on any atom is -0.379 e. The molecule has 1 aliphatic heterocycles. The lowest BCUT2D eigenvalue weighted by Gasteiger charge is -2.34. The molecule has 0 amide bonds. The first-order valence-electron chi connectivity index (χ1n) is 7.77. The summed E-state index contributed by atoms with van der Waals surface area (Å²) in [7, 11) is 0. The van der Waals surface area contributed by atoms with Gasteiger partial charge in [-0.3, -0.25) is 4.90 Å². The molecule has 3 heterocycles. The Kier molecular flexibility index (Phi) is 3.74. The highest BCUT2D eigenvalue weighted by atomic mass is 32.1. The maximum absolute atomic E-state index is 5.56. The number of aromatic amines is 1. The fourth-order valence-corrected chi connectivity index (χ4v) is 4.31. The van der Waals surface area contributed by atoms with Gasteiger partial charge in [-0.05, 0) is 24.4 Å². The first-order chi connectivity index (χ1) is 10.8. The molecule has 4 heteroatoms. The molecule has 1 N–H and O–H groups in total. The summed E-state index contributed by atoms with van der Waals surface area (Å²) in [6.45, 7) is 5.81. The third-order valence-electron chi connectivity index (χ3n) is 4.44. The Morgan fingerprint density at radius 2 is 1.95 bits per heavy atom. The first-order valence-corrected chi connectivity index (χ1v) is 8.65. The van der Waals surface area contributed by atoms with E-state index in [9.17, 15) is 0 Å². The Morgan fingerprint density at radius 1 is 1.14 bits per heavy atom. The average Bonchev–Trinajstić information content (AvgIpc) is 3.18. The molecule has 4 rings (SSSR count). The maximum atomic E-state index is 5.56. The van der Waals surface area contributed by atoms with Crippen LogP contribution in [-0.4, -0.2) is 36.2 Å². The minimum atomic E-state index is 0.319. The number of thiophene rings is 1. The van der Waals surface area contributed by atoms with Gasteiger partial charge in [0.2, 0.25) is 0 Å². The van der Waals surface area contributed by atoms with Gasteiger partial charge in [-0.15, -0.1) is 11.3 Å². The highest BCUT2D eigenvalue weighted by Gasteiger charge is 2.28. The molecule has 2 aromatic heterocycles. The number of ether oxygens (including phenoxy) is 1. The number of rotatable bonds is 3. The number of morpholine rings is 1. The number of H-pyrrole nitrogens is 1. The predicted molar refractivity (Wildman–Crippen MR) is 91.6 cm³/mol. The lowest BCUT2D eigenvalue weighted by molar-refractivity contribution is 0.0247. The normalized spacial score (nSPS) is 17.9. The lowest BCUT2D eigenvalue weighted by atomic mass is 9.99. The van der Waals surface area contributed by atoms with E-state index in [4.69, 9.17) is 4.74 Å². The van der Waals surface area contributed by atoms with E-state index in [1.54, 1.807) is 0 Å². The Bertz CT molecular complexity index is 757. The van der Waals surface area contributed by atoms with Crippen molar-refractivity contribution in [3.63, 3.8) is 0 Å². The van der Waals surface area contributed by atoms with Crippen molar-refractivity contribution in [2.75, 3.05) is 26.3 Å². The van der Waals surface area contributed by atoms with Crippen LogP contribution in [-0.2, 0) is 4.74 Å². The third kappa shape index (κ3) is 2.37. The summed E-state index contributed by atoms with van der Waals surface area (Å²) in [5.74, 6) is 0. The SMILES string of the molecule is Cc1[nH]c2ccccc2c1[C@H](c1cccs1)N1CCOCC1. The summed E-state index contributed by atoms with van der Waals surface area (Å²) in [5, 5.41) is 3.51. The van der Waals surface area contributed by atoms with Crippen LogP contribution >= 0.6 is 11.3 Å². The molecule has 114 valence electrons. The fraction of sp³-hybridized carbons (Fsp3) is 0.333. The van der Waals surface area contributed by atoms with Crippen LogP contribution in [0.1, 0.15) is 22.2 Å². The number of nitrogens with one attached hydrogen (secondary N) is 1. The number of benzene rings is 1.